The molecule has 0 N–H and O–H groups in total. The molecular formula is C13H15NO3. The molecule has 0 aromatic carbocycles. The van der Waals surface area contributed by atoms with Gasteiger partial charge < -0.3 is 9.47 Å². The number of esters is 1. The molecule has 4 heteroatoms. The van der Waals surface area contributed by atoms with Crippen LogP contribution in [-0.4, -0.2) is 19.7 Å². The summed E-state index contributed by atoms with van der Waals surface area (Å²) in [5.74, 6) is -0.205. The largest absolute Gasteiger partial charge is 0.481 e. The Bertz CT molecular complexity index is 397. The number of rotatable bonds is 6. The Hall–Kier alpha value is -2.28. The van der Waals surface area contributed by atoms with Gasteiger partial charge in [-0.25, -0.2) is 4.79 Å². The van der Waals surface area contributed by atoms with Gasteiger partial charge in [-0.2, -0.15) is 5.26 Å². The van der Waals surface area contributed by atoms with Crippen LogP contribution in [-0.2, 0) is 14.3 Å². The second kappa shape index (κ2) is 8.98. The van der Waals surface area contributed by atoms with E-state index >= 15 is 0 Å². The number of methoxy groups -OCH3 is 1. The van der Waals surface area contributed by atoms with Gasteiger partial charge in [0.15, 0.2) is 6.61 Å². The first-order valence-electron chi connectivity index (χ1n) is 4.94. The van der Waals surface area contributed by atoms with Crippen molar-refractivity contribution in [1.29, 1.82) is 5.26 Å². The minimum Gasteiger partial charge on any atom is -0.481 e. The summed E-state index contributed by atoms with van der Waals surface area (Å²) in [6, 6.07) is 1.86. The molecule has 0 saturated heterocycles. The van der Waals surface area contributed by atoms with Gasteiger partial charge >= 0.3 is 5.97 Å². The number of carbonyl (C=O) groups excluding carboxylic acids is 1. The average molecular weight is 233 g/mol. The normalized spacial score (nSPS) is 12.1. The van der Waals surface area contributed by atoms with Crippen LogP contribution < -0.4 is 0 Å². The standard InChI is InChI=1S/C13H15NO3/c1-4-6-11(7-5-2)12(8-9-14)17-10-13(15)16-3/h4-8H,1,10H2,2-3H3/b7-5-,11-6+,12-8-. The summed E-state index contributed by atoms with van der Waals surface area (Å²) in [4.78, 5) is 10.9. The van der Waals surface area contributed by atoms with Gasteiger partial charge in [0.1, 0.15) is 5.76 Å². The van der Waals surface area contributed by atoms with Crippen LogP contribution in [0.3, 0.4) is 0 Å². The zero-order valence-corrected chi connectivity index (χ0v) is 9.97. The van der Waals surface area contributed by atoms with E-state index in [1.807, 2.05) is 13.0 Å². The van der Waals surface area contributed by atoms with Gasteiger partial charge in [-0.1, -0.05) is 30.9 Å². The maximum Gasteiger partial charge on any atom is 0.343 e. The van der Waals surface area contributed by atoms with E-state index in [9.17, 15) is 4.79 Å². The van der Waals surface area contributed by atoms with Crippen molar-refractivity contribution >= 4 is 5.97 Å². The highest BCUT2D eigenvalue weighted by Gasteiger charge is 2.06. The molecule has 0 aliphatic heterocycles. The molecule has 0 spiro atoms. The van der Waals surface area contributed by atoms with Crippen LogP contribution >= 0.6 is 0 Å². The monoisotopic (exact) mass is 233 g/mol. The van der Waals surface area contributed by atoms with Crippen LogP contribution in [0.4, 0.5) is 0 Å². The maximum atomic E-state index is 10.9. The molecule has 0 aromatic rings. The molecule has 4 nitrogen and oxygen atoms in total. The smallest absolute Gasteiger partial charge is 0.343 e. The first-order chi connectivity index (χ1) is 8.19. The minimum atomic E-state index is -0.507. The fourth-order valence-electron chi connectivity index (χ4n) is 0.989. The fraction of sp³-hybridized carbons (Fsp3) is 0.231. The molecule has 0 aliphatic carbocycles. The molecule has 0 rings (SSSR count). The second-order valence-corrected chi connectivity index (χ2v) is 2.86. The highest BCUT2D eigenvalue weighted by molar-refractivity contribution is 5.70. The summed E-state index contributed by atoms with van der Waals surface area (Å²) in [6.07, 6.45) is 8.02. The maximum absolute atomic E-state index is 10.9. The van der Waals surface area contributed by atoms with Gasteiger partial charge in [-0.15, -0.1) is 0 Å². The van der Waals surface area contributed by atoms with Gasteiger partial charge in [-0.3, -0.25) is 0 Å². The molecule has 90 valence electrons. The van der Waals surface area contributed by atoms with Crippen molar-refractivity contribution in [3.8, 4) is 6.07 Å². The SMILES string of the molecule is C=C/C=C(\C=C/C)C(=C/C#N)/OCC(=O)OC. The number of ether oxygens (including phenoxy) is 2. The van der Waals surface area contributed by atoms with Crippen LogP contribution in [0.25, 0.3) is 0 Å². The molecule has 0 bridgehead atoms. The summed E-state index contributed by atoms with van der Waals surface area (Å²) in [5.41, 5.74) is 0.660. The van der Waals surface area contributed by atoms with Crippen molar-refractivity contribution in [1.82, 2.24) is 0 Å². The van der Waals surface area contributed by atoms with E-state index in [1.165, 1.54) is 13.2 Å². The predicted octanol–water partition coefficient (Wildman–Crippen LogP) is 2.27. The summed E-state index contributed by atoms with van der Waals surface area (Å²) in [7, 11) is 1.27. The van der Waals surface area contributed by atoms with Crippen LogP contribution in [0.2, 0.25) is 0 Å². The lowest BCUT2D eigenvalue weighted by molar-refractivity contribution is -0.144. The first-order valence-corrected chi connectivity index (χ1v) is 4.94. The molecule has 0 aliphatic rings. The molecule has 0 aromatic heterocycles. The van der Waals surface area contributed by atoms with Crippen molar-refractivity contribution in [2.45, 2.75) is 6.92 Å². The zero-order valence-electron chi connectivity index (χ0n) is 9.97. The third-order valence-corrected chi connectivity index (χ3v) is 1.70. The third kappa shape index (κ3) is 6.00. The molecular weight excluding hydrogens is 218 g/mol. The lowest BCUT2D eigenvalue weighted by Crippen LogP contribution is -2.10. The number of hydrogen-bond acceptors (Lipinski definition) is 4. The zero-order chi connectivity index (χ0) is 13.1. The summed E-state index contributed by atoms with van der Waals surface area (Å²) < 4.78 is 9.65. The first kappa shape index (κ1) is 14.7. The number of carbonyl (C=O) groups is 1. The fourth-order valence-corrected chi connectivity index (χ4v) is 0.989. The van der Waals surface area contributed by atoms with Crippen molar-refractivity contribution in [2.24, 2.45) is 0 Å². The van der Waals surface area contributed by atoms with Crippen LogP contribution in [0.5, 0.6) is 0 Å². The van der Waals surface area contributed by atoms with Crippen LogP contribution in [0.15, 0.2) is 48.3 Å². The van der Waals surface area contributed by atoms with Gasteiger partial charge in [0.05, 0.1) is 19.3 Å². The second-order valence-electron chi connectivity index (χ2n) is 2.86. The van der Waals surface area contributed by atoms with E-state index in [4.69, 9.17) is 10.00 Å². The van der Waals surface area contributed by atoms with E-state index < -0.39 is 5.97 Å². The van der Waals surface area contributed by atoms with Gasteiger partial charge in [0, 0.05) is 5.57 Å². The van der Waals surface area contributed by atoms with E-state index in [2.05, 4.69) is 11.3 Å². The average Bonchev–Trinajstić information content (AvgIpc) is 2.33. The Morgan fingerprint density at radius 1 is 1.53 bits per heavy atom. The lowest BCUT2D eigenvalue weighted by Gasteiger charge is -2.08. The van der Waals surface area contributed by atoms with Crippen molar-refractivity contribution < 1.29 is 14.3 Å². The number of allylic oxidation sites excluding steroid dienone is 5. The third-order valence-electron chi connectivity index (χ3n) is 1.70. The molecule has 0 atom stereocenters. The molecule has 0 radical (unpaired) electrons. The molecule has 0 saturated carbocycles. The van der Waals surface area contributed by atoms with Crippen molar-refractivity contribution in [2.75, 3.05) is 13.7 Å². The molecule has 17 heavy (non-hydrogen) atoms. The molecule has 0 amide bonds. The summed E-state index contributed by atoms with van der Waals surface area (Å²) in [6.45, 7) is 5.16. The Morgan fingerprint density at radius 3 is 2.71 bits per heavy atom. The number of nitrogens with zero attached hydrogens (tertiary/aromatic N) is 1. The highest BCUT2D eigenvalue weighted by Crippen LogP contribution is 2.13. The van der Waals surface area contributed by atoms with Gasteiger partial charge in [0.25, 0.3) is 0 Å². The summed E-state index contributed by atoms with van der Waals surface area (Å²) in [5, 5.41) is 8.64. The van der Waals surface area contributed by atoms with E-state index in [0.717, 1.165) is 0 Å². The van der Waals surface area contributed by atoms with Crippen LogP contribution in [0.1, 0.15) is 6.92 Å². The Labute approximate surface area is 101 Å². The molecule has 0 heterocycles. The summed E-state index contributed by atoms with van der Waals surface area (Å²) >= 11 is 0. The topological polar surface area (TPSA) is 59.3 Å². The minimum absolute atomic E-state index is 0.240. The highest BCUT2D eigenvalue weighted by atomic mass is 16.6. The van der Waals surface area contributed by atoms with E-state index in [1.54, 1.807) is 24.3 Å². The molecule has 0 unspecified atom stereocenters. The van der Waals surface area contributed by atoms with Crippen LogP contribution in [0, 0.1) is 11.3 Å². The quantitative estimate of drug-likeness (QED) is 0.305. The van der Waals surface area contributed by atoms with Gasteiger partial charge in [0.2, 0.25) is 0 Å². The van der Waals surface area contributed by atoms with Gasteiger partial charge in [-0.05, 0) is 6.92 Å². The van der Waals surface area contributed by atoms with Crippen molar-refractivity contribution in [3.05, 3.63) is 48.3 Å². The Morgan fingerprint density at radius 2 is 2.24 bits per heavy atom. The van der Waals surface area contributed by atoms with Crippen molar-refractivity contribution in [3.63, 3.8) is 0 Å². The predicted molar refractivity (Wildman–Crippen MR) is 64.8 cm³/mol. The Kier molecular flexibility index (Phi) is 7.78. The van der Waals surface area contributed by atoms with E-state index in [0.29, 0.717) is 11.3 Å². The lowest BCUT2D eigenvalue weighted by atomic mass is 10.2. The number of nitriles is 1. The number of hydrogen-bond donors (Lipinski definition) is 0. The van der Waals surface area contributed by atoms with E-state index in [-0.39, 0.29) is 6.61 Å². The molecule has 0 fully saturated rings. The Balaban J connectivity index is 4.90.